The molecular formula is C24H22N2O4S. The summed E-state index contributed by atoms with van der Waals surface area (Å²) in [4.78, 5) is 18.6. The van der Waals surface area contributed by atoms with Crippen molar-refractivity contribution in [1.29, 1.82) is 0 Å². The van der Waals surface area contributed by atoms with Crippen LogP contribution >= 0.6 is 11.3 Å². The van der Waals surface area contributed by atoms with E-state index in [-0.39, 0.29) is 5.78 Å². The number of carbonyl (C=O) groups is 1. The normalized spacial score (nSPS) is 11.2. The van der Waals surface area contributed by atoms with Gasteiger partial charge in [-0.2, -0.15) is 0 Å². The quantitative estimate of drug-likeness (QED) is 0.292. The van der Waals surface area contributed by atoms with Crippen molar-refractivity contribution >= 4 is 28.2 Å². The Kier molecular flexibility index (Phi) is 5.77. The molecule has 0 spiro atoms. The maximum absolute atomic E-state index is 13.0. The van der Waals surface area contributed by atoms with Crippen LogP contribution in [0.3, 0.4) is 0 Å². The summed E-state index contributed by atoms with van der Waals surface area (Å²) in [5.74, 6) is 1.13. The van der Waals surface area contributed by atoms with Gasteiger partial charge >= 0.3 is 0 Å². The number of nitrogens with zero attached hydrogens (tertiary/aromatic N) is 2. The number of ether oxygens (including phenoxy) is 3. The number of ketones is 1. The minimum atomic E-state index is -0.181. The summed E-state index contributed by atoms with van der Waals surface area (Å²) in [7, 11) is 4.57. The molecule has 0 atom stereocenters. The highest BCUT2D eigenvalue weighted by Crippen LogP contribution is 2.38. The Balaban J connectivity index is 1.74. The first-order valence-electron chi connectivity index (χ1n) is 9.60. The van der Waals surface area contributed by atoms with E-state index in [9.17, 15) is 4.79 Å². The third kappa shape index (κ3) is 3.92. The SMILES string of the molecule is COc1cc(C(=O)/C=C/c2c(-c3ccc(C)cc3)nc3sccn23)cc(OC)c1OC. The summed E-state index contributed by atoms with van der Waals surface area (Å²) >= 11 is 1.55. The Hall–Kier alpha value is -3.58. The van der Waals surface area contributed by atoms with Crippen LogP contribution in [0.4, 0.5) is 0 Å². The average Bonchev–Trinajstić information content (AvgIpc) is 3.38. The van der Waals surface area contributed by atoms with E-state index in [1.54, 1.807) is 35.6 Å². The van der Waals surface area contributed by atoms with E-state index < -0.39 is 0 Å². The predicted molar refractivity (Wildman–Crippen MR) is 123 cm³/mol. The molecule has 6 nitrogen and oxygen atoms in total. The van der Waals surface area contributed by atoms with Crippen LogP contribution in [0, 0.1) is 6.92 Å². The highest BCUT2D eigenvalue weighted by molar-refractivity contribution is 7.15. The fraction of sp³-hybridized carbons (Fsp3) is 0.167. The largest absolute Gasteiger partial charge is 0.493 e. The van der Waals surface area contributed by atoms with Gasteiger partial charge in [-0.05, 0) is 31.2 Å². The standard InChI is InChI=1S/C24H22N2O4S/c1-15-5-7-16(8-6-15)22-18(26-11-12-31-24(26)25-22)9-10-19(27)17-13-20(28-2)23(30-4)21(14-17)29-3/h5-14H,1-4H3/b10-9+. The third-order valence-electron chi connectivity index (χ3n) is 4.97. The summed E-state index contributed by atoms with van der Waals surface area (Å²) in [5.41, 5.74) is 4.30. The van der Waals surface area contributed by atoms with Gasteiger partial charge in [0.1, 0.15) is 0 Å². The van der Waals surface area contributed by atoms with Crippen molar-refractivity contribution in [2.45, 2.75) is 6.92 Å². The van der Waals surface area contributed by atoms with Crippen LogP contribution in [0.1, 0.15) is 21.6 Å². The van der Waals surface area contributed by atoms with Crippen LogP contribution in [0.15, 0.2) is 54.1 Å². The van der Waals surface area contributed by atoms with Gasteiger partial charge in [-0.1, -0.05) is 29.8 Å². The highest BCUT2D eigenvalue weighted by atomic mass is 32.1. The molecule has 31 heavy (non-hydrogen) atoms. The molecule has 7 heteroatoms. The molecule has 0 amide bonds. The molecular weight excluding hydrogens is 412 g/mol. The lowest BCUT2D eigenvalue weighted by Crippen LogP contribution is -2.00. The number of benzene rings is 2. The van der Waals surface area contributed by atoms with E-state index in [1.807, 2.05) is 35.0 Å². The minimum Gasteiger partial charge on any atom is -0.493 e. The van der Waals surface area contributed by atoms with Crippen LogP contribution in [0.25, 0.3) is 22.3 Å². The second-order valence-electron chi connectivity index (χ2n) is 6.88. The van der Waals surface area contributed by atoms with Crippen LogP contribution in [0.5, 0.6) is 17.2 Å². The van der Waals surface area contributed by atoms with Gasteiger partial charge in [0, 0.05) is 22.7 Å². The van der Waals surface area contributed by atoms with Crippen molar-refractivity contribution in [3.8, 4) is 28.5 Å². The van der Waals surface area contributed by atoms with Crippen molar-refractivity contribution in [2.24, 2.45) is 0 Å². The van der Waals surface area contributed by atoms with Crippen molar-refractivity contribution < 1.29 is 19.0 Å². The first-order chi connectivity index (χ1) is 15.0. The maximum Gasteiger partial charge on any atom is 0.203 e. The predicted octanol–water partition coefficient (Wildman–Crippen LogP) is 5.29. The topological polar surface area (TPSA) is 62.1 Å². The lowest BCUT2D eigenvalue weighted by Gasteiger charge is -2.13. The number of fused-ring (bicyclic) bond motifs is 1. The van der Waals surface area contributed by atoms with Crippen LogP contribution in [-0.4, -0.2) is 36.5 Å². The highest BCUT2D eigenvalue weighted by Gasteiger charge is 2.17. The zero-order valence-corrected chi connectivity index (χ0v) is 18.5. The molecule has 158 valence electrons. The molecule has 0 fully saturated rings. The number of imidazole rings is 1. The van der Waals surface area contributed by atoms with Gasteiger partial charge in [-0.3, -0.25) is 9.20 Å². The summed E-state index contributed by atoms with van der Waals surface area (Å²) in [5, 5.41) is 1.97. The second-order valence-corrected chi connectivity index (χ2v) is 7.75. The minimum absolute atomic E-state index is 0.181. The molecule has 2 aromatic heterocycles. The van der Waals surface area contributed by atoms with Gasteiger partial charge in [0.05, 0.1) is 32.7 Å². The van der Waals surface area contributed by atoms with Crippen LogP contribution in [0.2, 0.25) is 0 Å². The molecule has 2 aromatic carbocycles. The Morgan fingerprint density at radius 2 is 1.71 bits per heavy atom. The fourth-order valence-corrected chi connectivity index (χ4v) is 4.08. The van der Waals surface area contributed by atoms with E-state index in [0.29, 0.717) is 22.8 Å². The van der Waals surface area contributed by atoms with Crippen molar-refractivity contribution in [3.05, 3.63) is 70.9 Å². The van der Waals surface area contributed by atoms with Gasteiger partial charge in [-0.15, -0.1) is 11.3 Å². The van der Waals surface area contributed by atoms with Gasteiger partial charge in [0.2, 0.25) is 5.75 Å². The fourth-order valence-electron chi connectivity index (χ4n) is 3.36. The number of hydrogen-bond donors (Lipinski definition) is 0. The first-order valence-corrected chi connectivity index (χ1v) is 10.5. The van der Waals surface area contributed by atoms with Crippen LogP contribution in [-0.2, 0) is 0 Å². The maximum atomic E-state index is 13.0. The number of aryl methyl sites for hydroxylation is 1. The lowest BCUT2D eigenvalue weighted by atomic mass is 10.1. The number of hydrogen-bond acceptors (Lipinski definition) is 6. The van der Waals surface area contributed by atoms with Gasteiger partial charge in [0.25, 0.3) is 0 Å². The zero-order chi connectivity index (χ0) is 22.0. The number of carbonyl (C=O) groups excluding carboxylic acids is 1. The molecule has 0 bridgehead atoms. The lowest BCUT2D eigenvalue weighted by molar-refractivity contribution is 0.104. The van der Waals surface area contributed by atoms with Crippen molar-refractivity contribution in [3.63, 3.8) is 0 Å². The van der Waals surface area contributed by atoms with Crippen molar-refractivity contribution in [2.75, 3.05) is 21.3 Å². The molecule has 0 aliphatic heterocycles. The second kappa shape index (κ2) is 8.65. The molecule has 4 rings (SSSR count). The van der Waals surface area contributed by atoms with Crippen molar-refractivity contribution in [1.82, 2.24) is 9.38 Å². The molecule has 0 saturated carbocycles. The molecule has 0 unspecified atom stereocenters. The number of allylic oxidation sites excluding steroid dienone is 1. The van der Waals surface area contributed by atoms with Gasteiger partial charge < -0.3 is 14.2 Å². The number of thiazole rings is 1. The van der Waals surface area contributed by atoms with Gasteiger partial charge in [-0.25, -0.2) is 4.98 Å². The number of aromatic nitrogens is 2. The Labute approximate surface area is 184 Å². The van der Waals surface area contributed by atoms with Crippen LogP contribution < -0.4 is 14.2 Å². The molecule has 4 aromatic rings. The zero-order valence-electron chi connectivity index (χ0n) is 17.7. The smallest absolute Gasteiger partial charge is 0.203 e. The summed E-state index contributed by atoms with van der Waals surface area (Å²) < 4.78 is 18.0. The molecule has 0 aliphatic carbocycles. The van der Waals surface area contributed by atoms with E-state index in [4.69, 9.17) is 19.2 Å². The molecule has 0 saturated heterocycles. The molecule has 2 heterocycles. The Bertz CT molecular complexity index is 1240. The van der Waals surface area contributed by atoms with E-state index >= 15 is 0 Å². The van der Waals surface area contributed by atoms with E-state index in [1.165, 1.54) is 26.9 Å². The Morgan fingerprint density at radius 1 is 1.03 bits per heavy atom. The monoisotopic (exact) mass is 434 g/mol. The summed E-state index contributed by atoms with van der Waals surface area (Å²) in [6, 6.07) is 11.5. The van der Waals surface area contributed by atoms with E-state index in [0.717, 1.165) is 21.9 Å². The Morgan fingerprint density at radius 3 is 2.32 bits per heavy atom. The van der Waals surface area contributed by atoms with E-state index in [2.05, 4.69) is 12.1 Å². The molecule has 0 N–H and O–H groups in total. The number of methoxy groups -OCH3 is 3. The molecule has 0 radical (unpaired) electrons. The summed E-state index contributed by atoms with van der Waals surface area (Å²) in [6.07, 6.45) is 5.29. The first kappa shape index (κ1) is 20.7. The third-order valence-corrected chi connectivity index (χ3v) is 5.72. The number of rotatable bonds is 7. The summed E-state index contributed by atoms with van der Waals surface area (Å²) in [6.45, 7) is 2.05. The van der Waals surface area contributed by atoms with Gasteiger partial charge in [0.15, 0.2) is 22.2 Å². The molecule has 0 aliphatic rings. The average molecular weight is 435 g/mol.